The predicted molar refractivity (Wildman–Crippen MR) is 102 cm³/mol. The zero-order valence-electron chi connectivity index (χ0n) is 16.0. The average Bonchev–Trinajstić information content (AvgIpc) is 2.39. The number of hydrogen-bond donors (Lipinski definition) is 0. The van der Waals surface area contributed by atoms with Gasteiger partial charge in [-0.3, -0.25) is 0 Å². The molecule has 0 spiro atoms. The Balaban J connectivity index is -0.000000249. The van der Waals surface area contributed by atoms with Gasteiger partial charge in [0, 0.05) is 44.5 Å². The van der Waals surface area contributed by atoms with Crippen LogP contribution in [0.25, 0.3) is 0 Å². The molecule has 1 aromatic rings. The van der Waals surface area contributed by atoms with Crippen LogP contribution in [-0.2, 0) is 41.8 Å². The first kappa shape index (κ1) is 30.6. The summed E-state index contributed by atoms with van der Waals surface area (Å²) >= 11 is 0. The Morgan fingerprint density at radius 1 is 0.864 bits per heavy atom. The number of benzene rings is 1. The molecule has 0 saturated carbocycles. The summed E-state index contributed by atoms with van der Waals surface area (Å²) in [7, 11) is -4.42. The van der Waals surface area contributed by atoms with Gasteiger partial charge in [0.1, 0.15) is 0 Å². The summed E-state index contributed by atoms with van der Waals surface area (Å²) < 4.78 is 24.2. The molecular formula is C17H35O2P2Y-. The minimum Gasteiger partial charge on any atom is -0.358 e. The molecule has 1 rings (SSSR count). The van der Waals surface area contributed by atoms with Crippen molar-refractivity contribution in [3.05, 3.63) is 43.3 Å². The van der Waals surface area contributed by atoms with Crippen molar-refractivity contribution in [3.8, 4) is 0 Å². The summed E-state index contributed by atoms with van der Waals surface area (Å²) in [6.45, 7) is 15.1. The van der Waals surface area contributed by atoms with Gasteiger partial charge in [0.15, 0.2) is 0 Å². The fourth-order valence-corrected chi connectivity index (χ4v) is 6.44. The number of rotatable bonds is 4. The monoisotopic (exact) mass is 422 g/mol. The second-order valence-electron chi connectivity index (χ2n) is 5.12. The summed E-state index contributed by atoms with van der Waals surface area (Å²) in [6, 6.07) is 9.76. The smallest absolute Gasteiger partial charge is 0.0894 e. The van der Waals surface area contributed by atoms with Crippen LogP contribution in [0.5, 0.6) is 0 Å². The first-order valence-corrected chi connectivity index (χ1v) is 12.8. The summed E-state index contributed by atoms with van der Waals surface area (Å²) in [5.41, 5.74) is 0.967. The number of hydrogen-bond acceptors (Lipinski definition) is 2. The Hall–Kier alpha value is 0.784. The summed E-state index contributed by atoms with van der Waals surface area (Å²) in [6.07, 6.45) is 0.529. The van der Waals surface area contributed by atoms with E-state index in [2.05, 4.69) is 0 Å². The van der Waals surface area contributed by atoms with E-state index in [4.69, 9.17) is 0 Å². The van der Waals surface area contributed by atoms with Crippen molar-refractivity contribution in [3.63, 3.8) is 0 Å². The molecule has 22 heavy (non-hydrogen) atoms. The van der Waals surface area contributed by atoms with E-state index in [1.807, 2.05) is 58.0 Å². The molecule has 0 bridgehead atoms. The molecule has 1 atom stereocenters. The van der Waals surface area contributed by atoms with Crippen LogP contribution in [0.1, 0.15) is 38.9 Å². The van der Waals surface area contributed by atoms with Crippen LogP contribution in [-0.4, -0.2) is 32.8 Å². The second kappa shape index (κ2) is 15.3. The van der Waals surface area contributed by atoms with Gasteiger partial charge >= 0.3 is 0 Å². The van der Waals surface area contributed by atoms with Crippen LogP contribution in [0.3, 0.4) is 0 Å². The first-order valence-electron chi connectivity index (χ1n) is 7.34. The van der Waals surface area contributed by atoms with Gasteiger partial charge in [-0.15, -0.1) is 0 Å². The maximum absolute atomic E-state index is 12.3. The Kier molecular flexibility index (Phi) is 21.3. The Morgan fingerprint density at radius 3 is 1.50 bits per heavy atom. The van der Waals surface area contributed by atoms with Gasteiger partial charge < -0.3 is 16.6 Å². The standard InChI is InChI=1S/C12H20O2P2.2C2H6.CH3.Y/c1-15(2,13)10-12(16(3,4)14)11-8-6-5-7-9-11;2*1-2;;/h5-9,12H,10H2,1-4H3;2*1-2H3;1H3;/q;;;-1;. The maximum Gasteiger partial charge on any atom is 0.0894 e. The molecule has 1 radical (unpaired) electrons. The molecule has 0 aliphatic carbocycles. The largest absolute Gasteiger partial charge is 0.358 e. The molecule has 0 aromatic heterocycles. The van der Waals surface area contributed by atoms with Crippen molar-refractivity contribution in [2.24, 2.45) is 0 Å². The molecule has 0 aliphatic rings. The first-order chi connectivity index (χ1) is 9.20. The average molecular weight is 422 g/mol. The van der Waals surface area contributed by atoms with E-state index in [-0.39, 0.29) is 45.8 Å². The van der Waals surface area contributed by atoms with Crippen molar-refractivity contribution >= 4 is 14.3 Å². The van der Waals surface area contributed by atoms with Crippen molar-refractivity contribution < 1.29 is 41.8 Å². The van der Waals surface area contributed by atoms with Gasteiger partial charge in [0.25, 0.3) is 0 Å². The third-order valence-corrected chi connectivity index (χ3v) is 6.06. The molecule has 0 aliphatic heterocycles. The van der Waals surface area contributed by atoms with E-state index < -0.39 is 14.3 Å². The van der Waals surface area contributed by atoms with Crippen LogP contribution in [0.2, 0.25) is 0 Å². The summed E-state index contributed by atoms with van der Waals surface area (Å²) in [5, 5.41) is 0. The Morgan fingerprint density at radius 2 is 1.23 bits per heavy atom. The van der Waals surface area contributed by atoms with Gasteiger partial charge in [-0.2, -0.15) is 0 Å². The van der Waals surface area contributed by atoms with E-state index in [0.717, 1.165) is 5.56 Å². The summed E-state index contributed by atoms with van der Waals surface area (Å²) in [5.74, 6) is 0. The molecule has 1 aromatic carbocycles. The molecular weight excluding hydrogens is 387 g/mol. The topological polar surface area (TPSA) is 34.1 Å². The van der Waals surface area contributed by atoms with Crippen molar-refractivity contribution in [1.82, 2.24) is 0 Å². The maximum atomic E-state index is 12.3. The Labute approximate surface area is 164 Å². The van der Waals surface area contributed by atoms with E-state index in [1.165, 1.54) is 0 Å². The van der Waals surface area contributed by atoms with Crippen LogP contribution < -0.4 is 0 Å². The van der Waals surface area contributed by atoms with Crippen LogP contribution in [0.4, 0.5) is 0 Å². The normalized spacial score (nSPS) is 11.3. The molecule has 0 amide bonds. The summed E-state index contributed by atoms with van der Waals surface area (Å²) in [4.78, 5) is 0. The molecule has 5 heteroatoms. The van der Waals surface area contributed by atoms with Crippen molar-refractivity contribution in [1.29, 1.82) is 0 Å². The van der Waals surface area contributed by atoms with Gasteiger partial charge in [-0.1, -0.05) is 58.0 Å². The molecule has 0 fully saturated rings. The molecule has 2 nitrogen and oxygen atoms in total. The quantitative estimate of drug-likeness (QED) is 0.412. The molecule has 0 N–H and O–H groups in total. The van der Waals surface area contributed by atoms with Crippen molar-refractivity contribution in [2.75, 3.05) is 32.8 Å². The molecule has 0 saturated heterocycles. The van der Waals surface area contributed by atoms with Crippen LogP contribution in [0, 0.1) is 7.43 Å². The van der Waals surface area contributed by atoms with Crippen LogP contribution >= 0.6 is 14.3 Å². The zero-order valence-corrected chi connectivity index (χ0v) is 20.6. The van der Waals surface area contributed by atoms with Gasteiger partial charge in [-0.25, -0.2) is 0 Å². The van der Waals surface area contributed by atoms with Crippen LogP contribution in [0.15, 0.2) is 30.3 Å². The SMILES string of the molecule is CC.CC.CP(C)(=O)CC(c1ccccc1)P(C)(C)=O.[CH3-].[Y]. The molecule has 0 heterocycles. The van der Waals surface area contributed by atoms with E-state index in [0.29, 0.717) is 6.16 Å². The van der Waals surface area contributed by atoms with E-state index in [1.54, 1.807) is 26.7 Å². The van der Waals surface area contributed by atoms with Gasteiger partial charge in [0.2, 0.25) is 0 Å². The predicted octanol–water partition coefficient (Wildman–Crippen LogP) is 6.47. The zero-order chi connectivity index (χ0) is 16.4. The minimum absolute atomic E-state index is 0. The van der Waals surface area contributed by atoms with E-state index in [9.17, 15) is 9.13 Å². The molecule has 129 valence electrons. The fourth-order valence-electron chi connectivity index (χ4n) is 1.75. The molecule has 1 unspecified atom stereocenters. The van der Waals surface area contributed by atoms with Gasteiger partial charge in [0.05, 0.1) is 14.3 Å². The minimum atomic E-state index is -2.27. The third kappa shape index (κ3) is 14.4. The second-order valence-corrected chi connectivity index (χ2v) is 12.1. The van der Waals surface area contributed by atoms with Crippen molar-refractivity contribution in [2.45, 2.75) is 33.4 Å². The fraction of sp³-hybridized carbons (Fsp3) is 0.588. The van der Waals surface area contributed by atoms with Gasteiger partial charge in [-0.05, 0) is 32.2 Å². The third-order valence-electron chi connectivity index (χ3n) is 2.55. The van der Waals surface area contributed by atoms with E-state index >= 15 is 0 Å². The Bertz CT molecular complexity index is 435.